The molecule has 0 spiro atoms. The van der Waals surface area contributed by atoms with Gasteiger partial charge in [0.05, 0.1) is 11.1 Å². The SMILES string of the molecule is O=C(NC1(CCl)CC1)c1ccc(Br)cc1Br. The van der Waals surface area contributed by atoms with Crippen molar-refractivity contribution in [1.29, 1.82) is 0 Å². The third-order valence-electron chi connectivity index (χ3n) is 2.66. The van der Waals surface area contributed by atoms with Crippen LogP contribution in [0, 0.1) is 0 Å². The molecule has 86 valence electrons. The van der Waals surface area contributed by atoms with Crippen molar-refractivity contribution in [3.63, 3.8) is 0 Å². The summed E-state index contributed by atoms with van der Waals surface area (Å²) in [5.74, 6) is 0.407. The Labute approximate surface area is 116 Å². The maximum absolute atomic E-state index is 12.0. The van der Waals surface area contributed by atoms with E-state index < -0.39 is 0 Å². The van der Waals surface area contributed by atoms with Crippen LogP contribution in [0.3, 0.4) is 0 Å². The molecule has 1 N–H and O–H groups in total. The zero-order chi connectivity index (χ0) is 11.8. The number of hydrogen-bond acceptors (Lipinski definition) is 1. The minimum Gasteiger partial charge on any atom is -0.345 e. The van der Waals surface area contributed by atoms with Crippen molar-refractivity contribution in [2.45, 2.75) is 18.4 Å². The molecule has 1 aliphatic rings. The van der Waals surface area contributed by atoms with Crippen LogP contribution in [0.1, 0.15) is 23.2 Å². The summed E-state index contributed by atoms with van der Waals surface area (Å²) in [4.78, 5) is 12.0. The van der Waals surface area contributed by atoms with Gasteiger partial charge in [-0.05, 0) is 47.0 Å². The van der Waals surface area contributed by atoms with E-state index in [-0.39, 0.29) is 11.4 Å². The summed E-state index contributed by atoms with van der Waals surface area (Å²) in [7, 11) is 0. The number of alkyl halides is 1. The van der Waals surface area contributed by atoms with Crippen LogP contribution in [-0.4, -0.2) is 17.3 Å². The summed E-state index contributed by atoms with van der Waals surface area (Å²) in [6.45, 7) is 0. The van der Waals surface area contributed by atoms with E-state index >= 15 is 0 Å². The molecule has 1 amide bonds. The van der Waals surface area contributed by atoms with Crippen molar-refractivity contribution >= 4 is 49.4 Å². The minimum atomic E-state index is -0.162. The molecule has 2 nitrogen and oxygen atoms in total. The predicted octanol–water partition coefficient (Wildman–Crippen LogP) is 3.71. The molecule has 2 rings (SSSR count). The maximum Gasteiger partial charge on any atom is 0.252 e. The zero-order valence-electron chi connectivity index (χ0n) is 8.40. The summed E-state index contributed by atoms with van der Waals surface area (Å²) in [5, 5.41) is 2.98. The average molecular weight is 367 g/mol. The van der Waals surface area contributed by atoms with E-state index in [1.807, 2.05) is 12.1 Å². The van der Waals surface area contributed by atoms with Crippen molar-refractivity contribution in [1.82, 2.24) is 5.32 Å². The first kappa shape index (κ1) is 12.4. The Morgan fingerprint density at radius 1 is 1.44 bits per heavy atom. The number of carbonyl (C=O) groups is 1. The van der Waals surface area contributed by atoms with Gasteiger partial charge in [0, 0.05) is 14.8 Å². The van der Waals surface area contributed by atoms with E-state index in [2.05, 4.69) is 37.2 Å². The van der Waals surface area contributed by atoms with Crippen LogP contribution in [-0.2, 0) is 0 Å². The van der Waals surface area contributed by atoms with Gasteiger partial charge in [0.2, 0.25) is 0 Å². The Hall–Kier alpha value is -0.0600. The van der Waals surface area contributed by atoms with E-state index in [0.29, 0.717) is 11.4 Å². The van der Waals surface area contributed by atoms with Crippen LogP contribution >= 0.6 is 43.5 Å². The van der Waals surface area contributed by atoms with Crippen molar-refractivity contribution in [3.05, 3.63) is 32.7 Å². The third kappa shape index (κ3) is 2.60. The van der Waals surface area contributed by atoms with Gasteiger partial charge in [-0.1, -0.05) is 15.9 Å². The zero-order valence-corrected chi connectivity index (χ0v) is 12.3. The van der Waals surface area contributed by atoms with Crippen molar-refractivity contribution in [2.24, 2.45) is 0 Å². The predicted molar refractivity (Wildman–Crippen MR) is 72.0 cm³/mol. The van der Waals surface area contributed by atoms with E-state index in [1.54, 1.807) is 6.07 Å². The second-order valence-electron chi connectivity index (χ2n) is 3.99. The largest absolute Gasteiger partial charge is 0.345 e. The molecule has 0 radical (unpaired) electrons. The van der Waals surface area contributed by atoms with Gasteiger partial charge in [-0.25, -0.2) is 0 Å². The molecule has 1 fully saturated rings. The standard InChI is InChI=1S/C11H10Br2ClNO/c12-7-1-2-8(9(13)5-7)10(16)15-11(6-14)3-4-11/h1-2,5H,3-4,6H2,(H,15,16). The van der Waals surface area contributed by atoms with Gasteiger partial charge in [0.15, 0.2) is 0 Å². The first-order chi connectivity index (χ1) is 7.56. The first-order valence-electron chi connectivity index (χ1n) is 4.90. The molecule has 5 heteroatoms. The average Bonchev–Trinajstić information content (AvgIpc) is 2.98. The van der Waals surface area contributed by atoms with Gasteiger partial charge >= 0.3 is 0 Å². The van der Waals surface area contributed by atoms with Crippen LogP contribution < -0.4 is 5.32 Å². The molecular formula is C11H10Br2ClNO. The summed E-state index contributed by atoms with van der Waals surface area (Å²) < 4.78 is 1.72. The Morgan fingerprint density at radius 2 is 2.12 bits per heavy atom. The fraction of sp³-hybridized carbons (Fsp3) is 0.364. The molecule has 0 unspecified atom stereocenters. The molecule has 1 saturated carbocycles. The Bertz CT molecular complexity index is 432. The highest BCUT2D eigenvalue weighted by Crippen LogP contribution is 2.37. The molecule has 1 aliphatic carbocycles. The van der Waals surface area contributed by atoms with Gasteiger partial charge in [-0.3, -0.25) is 4.79 Å². The fourth-order valence-corrected chi connectivity index (χ4v) is 2.99. The van der Waals surface area contributed by atoms with Crippen LogP contribution in [0.25, 0.3) is 0 Å². The number of rotatable bonds is 3. The third-order valence-corrected chi connectivity index (χ3v) is 4.32. The van der Waals surface area contributed by atoms with Crippen molar-refractivity contribution in [2.75, 3.05) is 5.88 Å². The normalized spacial score (nSPS) is 16.9. The highest BCUT2D eigenvalue weighted by Gasteiger charge is 2.43. The van der Waals surface area contributed by atoms with Gasteiger partial charge in [0.1, 0.15) is 0 Å². The molecule has 0 bridgehead atoms. The van der Waals surface area contributed by atoms with Gasteiger partial charge in [-0.2, -0.15) is 0 Å². The number of amides is 1. The molecular weight excluding hydrogens is 357 g/mol. The molecule has 1 aromatic rings. The minimum absolute atomic E-state index is 0.0717. The van der Waals surface area contributed by atoms with E-state index in [9.17, 15) is 4.79 Å². The maximum atomic E-state index is 12.0. The lowest BCUT2D eigenvalue weighted by Crippen LogP contribution is -2.38. The lowest BCUT2D eigenvalue weighted by molar-refractivity contribution is 0.0935. The number of hydrogen-bond donors (Lipinski definition) is 1. The van der Waals surface area contributed by atoms with Gasteiger partial charge < -0.3 is 5.32 Å². The topological polar surface area (TPSA) is 29.1 Å². The monoisotopic (exact) mass is 365 g/mol. The number of nitrogens with one attached hydrogen (secondary N) is 1. The van der Waals surface area contributed by atoms with Crippen molar-refractivity contribution < 1.29 is 4.79 Å². The molecule has 0 saturated heterocycles. The Kier molecular flexibility index (Phi) is 3.62. The van der Waals surface area contributed by atoms with Crippen LogP contribution in [0.2, 0.25) is 0 Å². The molecule has 0 aromatic heterocycles. The van der Waals surface area contributed by atoms with E-state index in [0.717, 1.165) is 21.8 Å². The fourth-order valence-electron chi connectivity index (χ4n) is 1.42. The van der Waals surface area contributed by atoms with E-state index in [4.69, 9.17) is 11.6 Å². The highest BCUT2D eigenvalue weighted by molar-refractivity contribution is 9.11. The lowest BCUT2D eigenvalue weighted by Gasteiger charge is -2.14. The summed E-state index contributed by atoms with van der Waals surface area (Å²) >= 11 is 12.5. The molecule has 0 atom stereocenters. The van der Waals surface area contributed by atoms with Crippen LogP contribution in [0.4, 0.5) is 0 Å². The Morgan fingerprint density at radius 3 is 2.62 bits per heavy atom. The highest BCUT2D eigenvalue weighted by atomic mass is 79.9. The molecule has 0 aliphatic heterocycles. The van der Waals surface area contributed by atoms with Gasteiger partial charge in [0.25, 0.3) is 5.91 Å². The lowest BCUT2D eigenvalue weighted by atomic mass is 10.2. The second-order valence-corrected chi connectivity index (χ2v) is 6.03. The molecule has 1 aromatic carbocycles. The van der Waals surface area contributed by atoms with E-state index in [1.165, 1.54) is 0 Å². The van der Waals surface area contributed by atoms with Crippen LogP contribution in [0.15, 0.2) is 27.1 Å². The van der Waals surface area contributed by atoms with Crippen LogP contribution in [0.5, 0.6) is 0 Å². The second kappa shape index (κ2) is 4.67. The number of halogens is 3. The smallest absolute Gasteiger partial charge is 0.252 e. The van der Waals surface area contributed by atoms with Gasteiger partial charge in [-0.15, -0.1) is 11.6 Å². The molecule has 0 heterocycles. The summed E-state index contributed by atoms with van der Waals surface area (Å²) in [5.41, 5.74) is 0.477. The molecule has 16 heavy (non-hydrogen) atoms. The Balaban J connectivity index is 2.15. The number of benzene rings is 1. The quantitative estimate of drug-likeness (QED) is 0.811. The summed E-state index contributed by atoms with van der Waals surface area (Å²) in [6.07, 6.45) is 1.94. The number of carbonyl (C=O) groups excluding carboxylic acids is 1. The first-order valence-corrected chi connectivity index (χ1v) is 7.02. The summed E-state index contributed by atoms with van der Waals surface area (Å²) in [6, 6.07) is 5.49. The van der Waals surface area contributed by atoms with Crippen molar-refractivity contribution in [3.8, 4) is 0 Å².